The van der Waals surface area contributed by atoms with Gasteiger partial charge in [0, 0.05) is 26.2 Å². The molecular weight excluding hydrogens is 290 g/mol. The van der Waals surface area contributed by atoms with Crippen molar-refractivity contribution in [1.29, 1.82) is 0 Å². The first-order valence-corrected chi connectivity index (χ1v) is 7.42. The average Bonchev–Trinajstić information content (AvgIpc) is 2.97. The number of methoxy groups -OCH3 is 1. The van der Waals surface area contributed by atoms with Gasteiger partial charge in [-0.15, -0.1) is 4.68 Å². The van der Waals surface area contributed by atoms with Gasteiger partial charge in [0.15, 0.2) is 0 Å². The van der Waals surface area contributed by atoms with Gasteiger partial charge in [0.2, 0.25) is 0 Å². The second-order valence-electron chi connectivity index (χ2n) is 5.57. The fraction of sp³-hybridized carbons (Fsp3) is 0.222. The molecule has 0 saturated carbocycles. The molecule has 0 saturated heterocycles. The molecule has 1 atom stereocenters. The van der Waals surface area contributed by atoms with Crippen LogP contribution in [-0.2, 0) is 10.3 Å². The maximum atomic E-state index is 12.0. The van der Waals surface area contributed by atoms with Crippen molar-refractivity contribution in [3.8, 4) is 5.82 Å². The van der Waals surface area contributed by atoms with Gasteiger partial charge in [-0.3, -0.25) is 0 Å². The monoisotopic (exact) mass is 309 g/mol. The molecule has 0 aliphatic rings. The quantitative estimate of drug-likeness (QED) is 0.550. The molecule has 3 aromatic rings. The number of aromatic nitrogens is 3. The van der Waals surface area contributed by atoms with Crippen molar-refractivity contribution >= 4 is 0 Å². The van der Waals surface area contributed by atoms with Crippen LogP contribution in [0, 0.1) is 12.1 Å². The molecule has 3 rings (SSSR count). The summed E-state index contributed by atoms with van der Waals surface area (Å²) in [6, 6.07) is 17.1. The Morgan fingerprint density at radius 1 is 1.13 bits per heavy atom. The summed E-state index contributed by atoms with van der Waals surface area (Å²) in [5.41, 5.74) is 1.96. The number of hydrogen-bond acceptors (Lipinski definition) is 3. The van der Waals surface area contributed by atoms with Gasteiger partial charge in [-0.2, -0.15) is 0 Å². The highest BCUT2D eigenvalue weighted by molar-refractivity contribution is 5.34. The first-order valence-electron chi connectivity index (χ1n) is 7.42. The van der Waals surface area contributed by atoms with Crippen LogP contribution >= 0.6 is 0 Å². The predicted octanol–water partition coefficient (Wildman–Crippen LogP) is 2.72. The maximum Gasteiger partial charge on any atom is 0.310 e. The van der Waals surface area contributed by atoms with Gasteiger partial charge in [0.25, 0.3) is 0 Å². The van der Waals surface area contributed by atoms with Crippen LogP contribution in [0.25, 0.3) is 5.82 Å². The molecule has 0 radical (unpaired) electrons. The van der Waals surface area contributed by atoms with E-state index in [-0.39, 0.29) is 0 Å². The van der Waals surface area contributed by atoms with Crippen molar-refractivity contribution in [3.05, 3.63) is 83.0 Å². The molecule has 0 bridgehead atoms. The second-order valence-corrected chi connectivity index (χ2v) is 5.57. The summed E-state index contributed by atoms with van der Waals surface area (Å²) in [7, 11) is 1.66. The Labute approximate surface area is 135 Å². The molecule has 1 aromatic carbocycles. The summed E-state index contributed by atoms with van der Waals surface area (Å²) in [4.78, 5) is 0. The number of aryl methyl sites for hydroxylation is 1. The summed E-state index contributed by atoms with van der Waals surface area (Å²) in [6.45, 7) is 3.90. The molecule has 0 unspecified atom stereocenters. The van der Waals surface area contributed by atoms with Gasteiger partial charge in [-0.05, 0) is 18.6 Å². The standard InChI is InChI=1S/C18H19N3O2/c1-14-13-16(18(2,23-3)15-9-5-4-6-10-15)19-21(14)17-11-7-8-12-20(17)22/h4-13H,1-3H3/t18-/m1/s1. The van der Waals surface area contributed by atoms with Crippen LogP contribution in [0.2, 0.25) is 0 Å². The fourth-order valence-electron chi connectivity index (χ4n) is 2.65. The second kappa shape index (κ2) is 5.85. The Kier molecular flexibility index (Phi) is 3.88. The van der Waals surface area contributed by atoms with E-state index in [2.05, 4.69) is 5.10 Å². The lowest BCUT2D eigenvalue weighted by Crippen LogP contribution is -2.32. The van der Waals surface area contributed by atoms with Crippen LogP contribution in [0.3, 0.4) is 0 Å². The largest absolute Gasteiger partial charge is 0.711 e. The predicted molar refractivity (Wildman–Crippen MR) is 87.2 cm³/mol. The summed E-state index contributed by atoms with van der Waals surface area (Å²) in [5, 5.41) is 16.6. The van der Waals surface area contributed by atoms with Gasteiger partial charge in [0.1, 0.15) is 17.0 Å². The lowest BCUT2D eigenvalue weighted by Gasteiger charge is -2.26. The van der Waals surface area contributed by atoms with Crippen molar-refractivity contribution in [2.24, 2.45) is 0 Å². The summed E-state index contributed by atoms with van der Waals surface area (Å²) in [6.07, 6.45) is 1.46. The van der Waals surface area contributed by atoms with Crippen LogP contribution in [0.5, 0.6) is 0 Å². The Morgan fingerprint density at radius 3 is 2.48 bits per heavy atom. The smallest absolute Gasteiger partial charge is 0.310 e. The molecule has 5 heteroatoms. The van der Waals surface area contributed by atoms with Crippen LogP contribution in [0.4, 0.5) is 0 Å². The average molecular weight is 309 g/mol. The lowest BCUT2D eigenvalue weighted by atomic mass is 9.92. The van der Waals surface area contributed by atoms with E-state index in [1.807, 2.05) is 56.3 Å². The van der Waals surface area contributed by atoms with Crippen LogP contribution < -0.4 is 4.73 Å². The number of rotatable bonds is 4. The van der Waals surface area contributed by atoms with Gasteiger partial charge in [0.05, 0.1) is 6.20 Å². The number of pyridine rings is 1. The molecular formula is C18H19N3O2. The molecule has 0 amide bonds. The molecule has 0 fully saturated rings. The molecule has 2 aromatic heterocycles. The highest BCUT2D eigenvalue weighted by atomic mass is 16.5. The minimum atomic E-state index is -0.681. The Morgan fingerprint density at radius 2 is 1.83 bits per heavy atom. The molecule has 23 heavy (non-hydrogen) atoms. The van der Waals surface area contributed by atoms with Crippen molar-refractivity contribution in [2.75, 3.05) is 7.11 Å². The van der Waals surface area contributed by atoms with Gasteiger partial charge in [-0.1, -0.05) is 41.5 Å². The number of ether oxygens (including phenoxy) is 1. The minimum Gasteiger partial charge on any atom is -0.711 e. The van der Waals surface area contributed by atoms with Gasteiger partial charge < -0.3 is 9.94 Å². The topological polar surface area (TPSA) is 54.0 Å². The lowest BCUT2D eigenvalue weighted by molar-refractivity contribution is -0.600. The van der Waals surface area contributed by atoms with E-state index in [0.29, 0.717) is 5.82 Å². The van der Waals surface area contributed by atoms with Crippen LogP contribution in [0.1, 0.15) is 23.9 Å². The zero-order valence-electron chi connectivity index (χ0n) is 13.4. The number of hydrogen-bond donors (Lipinski definition) is 0. The first-order chi connectivity index (χ1) is 11.1. The molecule has 2 heterocycles. The van der Waals surface area contributed by atoms with Crippen molar-refractivity contribution in [1.82, 2.24) is 9.78 Å². The third-order valence-corrected chi connectivity index (χ3v) is 4.13. The number of nitrogens with zero attached hydrogens (tertiary/aromatic N) is 3. The van der Waals surface area contributed by atoms with Crippen molar-refractivity contribution < 1.29 is 9.47 Å². The third-order valence-electron chi connectivity index (χ3n) is 4.13. The van der Waals surface area contributed by atoms with E-state index >= 15 is 0 Å². The Hall–Kier alpha value is -2.66. The Balaban J connectivity index is 2.11. The SMILES string of the molecule is CO[C@](C)(c1ccccc1)c1cc(C)n(-c2cccc[n+]2[O-])n1. The summed E-state index contributed by atoms with van der Waals surface area (Å²) >= 11 is 0. The van der Waals surface area contributed by atoms with E-state index in [1.54, 1.807) is 23.9 Å². The van der Waals surface area contributed by atoms with E-state index in [4.69, 9.17) is 4.74 Å². The summed E-state index contributed by atoms with van der Waals surface area (Å²) in [5.74, 6) is 0.461. The highest BCUT2D eigenvalue weighted by Gasteiger charge is 2.34. The molecule has 0 spiro atoms. The van der Waals surface area contributed by atoms with E-state index in [1.165, 1.54) is 6.20 Å². The zero-order valence-corrected chi connectivity index (χ0v) is 13.4. The number of benzene rings is 1. The molecule has 0 aliphatic heterocycles. The maximum absolute atomic E-state index is 12.0. The normalized spacial score (nSPS) is 13.7. The third kappa shape index (κ3) is 2.59. The fourth-order valence-corrected chi connectivity index (χ4v) is 2.65. The Bertz CT molecular complexity index is 814. The van der Waals surface area contributed by atoms with Crippen molar-refractivity contribution in [3.63, 3.8) is 0 Å². The minimum absolute atomic E-state index is 0.461. The van der Waals surface area contributed by atoms with Crippen LogP contribution in [0.15, 0.2) is 60.8 Å². The molecule has 0 aliphatic carbocycles. The molecule has 5 nitrogen and oxygen atoms in total. The van der Waals surface area contributed by atoms with Crippen molar-refractivity contribution in [2.45, 2.75) is 19.4 Å². The summed E-state index contributed by atoms with van der Waals surface area (Å²) < 4.78 is 8.23. The zero-order chi connectivity index (χ0) is 16.4. The van der Waals surface area contributed by atoms with E-state index < -0.39 is 5.60 Å². The van der Waals surface area contributed by atoms with E-state index in [9.17, 15) is 5.21 Å². The first kappa shape index (κ1) is 15.2. The highest BCUT2D eigenvalue weighted by Crippen LogP contribution is 2.32. The van der Waals surface area contributed by atoms with E-state index in [0.717, 1.165) is 21.7 Å². The van der Waals surface area contributed by atoms with Gasteiger partial charge >= 0.3 is 5.82 Å². The molecule has 0 N–H and O–H groups in total. The van der Waals surface area contributed by atoms with Crippen LogP contribution in [-0.4, -0.2) is 16.9 Å². The van der Waals surface area contributed by atoms with Gasteiger partial charge in [-0.25, -0.2) is 4.73 Å². The molecule has 118 valence electrons.